The van der Waals surface area contributed by atoms with Crippen molar-refractivity contribution >= 4 is 5.91 Å². The molecule has 0 aliphatic heterocycles. The molecule has 5 heteroatoms. The normalized spacial score (nSPS) is 8.62. The molecule has 0 atom stereocenters. The first kappa shape index (κ1) is 9.00. The van der Waals surface area contributed by atoms with Gasteiger partial charge in [0.2, 0.25) is 5.88 Å². The van der Waals surface area contributed by atoms with Crippen LogP contribution in [0.2, 0.25) is 0 Å². The van der Waals surface area contributed by atoms with Crippen molar-refractivity contribution in [2.24, 2.45) is 0 Å². The number of carbonyl (C=O) groups excluding carboxylic acids is 1. The van der Waals surface area contributed by atoms with E-state index in [1.54, 1.807) is 6.07 Å². The van der Waals surface area contributed by atoms with Crippen LogP contribution >= 0.6 is 0 Å². The first-order chi connectivity index (χ1) is 6.29. The quantitative estimate of drug-likeness (QED) is 0.520. The number of nitrogens with one attached hydrogen (secondary N) is 1. The predicted octanol–water partition coefficient (Wildman–Crippen LogP) is 0.301. The number of ether oxygens (including phenoxy) is 1. The van der Waals surface area contributed by atoms with E-state index in [1.165, 1.54) is 25.6 Å². The molecule has 1 aromatic heterocycles. The average Bonchev–Trinajstić information content (AvgIpc) is 2.18. The summed E-state index contributed by atoms with van der Waals surface area (Å²) in [4.78, 5) is 15.0. The van der Waals surface area contributed by atoms with Crippen molar-refractivity contribution in [2.75, 3.05) is 7.11 Å². The molecule has 13 heavy (non-hydrogen) atoms. The number of nitriles is 1. The van der Waals surface area contributed by atoms with E-state index in [0.29, 0.717) is 0 Å². The van der Waals surface area contributed by atoms with Gasteiger partial charge in [-0.15, -0.1) is 0 Å². The van der Waals surface area contributed by atoms with Crippen LogP contribution in [-0.2, 0) is 0 Å². The Balaban J connectivity index is 3.00. The third-order valence-corrected chi connectivity index (χ3v) is 1.38. The van der Waals surface area contributed by atoms with E-state index in [2.05, 4.69) is 4.98 Å². The fourth-order valence-corrected chi connectivity index (χ4v) is 0.844. The molecule has 0 radical (unpaired) electrons. The molecule has 1 amide bonds. The minimum atomic E-state index is -0.521. The lowest BCUT2D eigenvalue weighted by molar-refractivity contribution is 0.0969. The SMILES string of the molecule is COc1ncccc1C(=O)NC#N. The summed E-state index contributed by atoms with van der Waals surface area (Å²) in [5.41, 5.74) is 0.242. The van der Waals surface area contributed by atoms with Crippen LogP contribution < -0.4 is 10.1 Å². The Morgan fingerprint density at radius 3 is 3.15 bits per heavy atom. The van der Waals surface area contributed by atoms with E-state index in [0.717, 1.165) is 0 Å². The molecule has 0 fully saturated rings. The molecule has 0 aliphatic carbocycles. The standard InChI is InChI=1S/C8H7N3O2/c1-13-8-6(3-2-4-10-8)7(12)11-5-9/h2-4H,1H3,(H,11,12). The average molecular weight is 177 g/mol. The van der Waals surface area contributed by atoms with E-state index in [9.17, 15) is 4.79 Å². The smallest absolute Gasteiger partial charge is 0.269 e. The number of aromatic nitrogens is 1. The molecule has 1 N–H and O–H groups in total. The molecule has 0 saturated carbocycles. The lowest BCUT2D eigenvalue weighted by Crippen LogP contribution is -2.18. The Labute approximate surface area is 75.0 Å². The summed E-state index contributed by atoms with van der Waals surface area (Å²) in [6, 6.07) is 3.12. The summed E-state index contributed by atoms with van der Waals surface area (Å²) < 4.78 is 4.83. The van der Waals surface area contributed by atoms with Crippen LogP contribution in [0.4, 0.5) is 0 Å². The number of amides is 1. The maximum absolute atomic E-state index is 11.2. The molecule has 1 heterocycles. The minimum Gasteiger partial charge on any atom is -0.480 e. The number of methoxy groups -OCH3 is 1. The summed E-state index contributed by atoms with van der Waals surface area (Å²) in [5, 5.41) is 10.2. The van der Waals surface area contributed by atoms with Gasteiger partial charge < -0.3 is 4.74 Å². The van der Waals surface area contributed by atoms with Crippen LogP contribution in [0.3, 0.4) is 0 Å². The van der Waals surface area contributed by atoms with Crippen LogP contribution in [-0.4, -0.2) is 18.0 Å². The van der Waals surface area contributed by atoms with Crippen molar-refractivity contribution in [1.29, 1.82) is 5.26 Å². The number of rotatable bonds is 2. The second-order valence-corrected chi connectivity index (χ2v) is 2.13. The zero-order chi connectivity index (χ0) is 9.68. The van der Waals surface area contributed by atoms with Crippen LogP contribution in [0.1, 0.15) is 10.4 Å². The van der Waals surface area contributed by atoms with E-state index >= 15 is 0 Å². The van der Waals surface area contributed by atoms with E-state index in [-0.39, 0.29) is 11.4 Å². The van der Waals surface area contributed by atoms with Gasteiger partial charge >= 0.3 is 0 Å². The first-order valence-corrected chi connectivity index (χ1v) is 3.48. The maximum atomic E-state index is 11.2. The van der Waals surface area contributed by atoms with Gasteiger partial charge in [0.05, 0.1) is 7.11 Å². The van der Waals surface area contributed by atoms with Crippen LogP contribution in [0.15, 0.2) is 18.3 Å². The lowest BCUT2D eigenvalue weighted by Gasteiger charge is -2.02. The summed E-state index contributed by atoms with van der Waals surface area (Å²) >= 11 is 0. The zero-order valence-electron chi connectivity index (χ0n) is 6.94. The largest absolute Gasteiger partial charge is 0.480 e. The van der Waals surface area contributed by atoms with Crippen molar-refractivity contribution in [3.8, 4) is 12.1 Å². The number of hydrogen-bond donors (Lipinski definition) is 1. The Hall–Kier alpha value is -2.09. The molecule has 0 aliphatic rings. The highest BCUT2D eigenvalue weighted by Gasteiger charge is 2.11. The number of pyridine rings is 1. The van der Waals surface area contributed by atoms with Gasteiger partial charge in [0.25, 0.3) is 5.91 Å². The molecule has 66 valence electrons. The van der Waals surface area contributed by atoms with Crippen LogP contribution in [0.5, 0.6) is 5.88 Å². The van der Waals surface area contributed by atoms with Crippen molar-refractivity contribution < 1.29 is 9.53 Å². The Morgan fingerprint density at radius 2 is 2.54 bits per heavy atom. The van der Waals surface area contributed by atoms with Gasteiger partial charge in [-0.3, -0.25) is 10.1 Å². The molecule has 1 rings (SSSR count). The second kappa shape index (κ2) is 4.07. The number of nitrogens with zero attached hydrogens (tertiary/aromatic N) is 2. The minimum absolute atomic E-state index is 0.204. The van der Waals surface area contributed by atoms with Crippen molar-refractivity contribution in [2.45, 2.75) is 0 Å². The summed E-state index contributed by atoms with van der Waals surface area (Å²) in [7, 11) is 1.41. The highest BCUT2D eigenvalue weighted by atomic mass is 16.5. The Bertz CT molecular complexity index is 357. The van der Waals surface area contributed by atoms with Gasteiger partial charge in [0.1, 0.15) is 5.56 Å². The van der Waals surface area contributed by atoms with Gasteiger partial charge in [-0.1, -0.05) is 0 Å². The number of carbonyl (C=O) groups is 1. The van der Waals surface area contributed by atoms with Crippen LogP contribution in [0.25, 0.3) is 0 Å². The van der Waals surface area contributed by atoms with E-state index < -0.39 is 5.91 Å². The van der Waals surface area contributed by atoms with Gasteiger partial charge in [0, 0.05) is 6.20 Å². The van der Waals surface area contributed by atoms with Gasteiger partial charge in [-0.25, -0.2) is 4.98 Å². The fraction of sp³-hybridized carbons (Fsp3) is 0.125. The molecular weight excluding hydrogens is 170 g/mol. The molecule has 1 aromatic rings. The number of hydrogen-bond acceptors (Lipinski definition) is 4. The lowest BCUT2D eigenvalue weighted by atomic mass is 10.2. The first-order valence-electron chi connectivity index (χ1n) is 3.48. The molecule has 0 bridgehead atoms. The second-order valence-electron chi connectivity index (χ2n) is 2.13. The third-order valence-electron chi connectivity index (χ3n) is 1.38. The maximum Gasteiger partial charge on any atom is 0.269 e. The molecular formula is C8H7N3O2. The highest BCUT2D eigenvalue weighted by Crippen LogP contribution is 2.12. The zero-order valence-corrected chi connectivity index (χ0v) is 6.94. The van der Waals surface area contributed by atoms with Gasteiger partial charge in [-0.05, 0) is 12.1 Å². The Morgan fingerprint density at radius 1 is 1.77 bits per heavy atom. The van der Waals surface area contributed by atoms with Gasteiger partial charge in [0.15, 0.2) is 6.19 Å². The van der Waals surface area contributed by atoms with Gasteiger partial charge in [-0.2, -0.15) is 5.26 Å². The van der Waals surface area contributed by atoms with Crippen molar-refractivity contribution in [1.82, 2.24) is 10.3 Å². The molecule has 0 aromatic carbocycles. The van der Waals surface area contributed by atoms with Crippen molar-refractivity contribution in [3.05, 3.63) is 23.9 Å². The molecule has 5 nitrogen and oxygen atoms in total. The fourth-order valence-electron chi connectivity index (χ4n) is 0.844. The summed E-state index contributed by atoms with van der Waals surface area (Å²) in [5.74, 6) is -0.317. The van der Waals surface area contributed by atoms with Crippen LogP contribution in [0, 0.1) is 11.5 Å². The summed E-state index contributed by atoms with van der Waals surface area (Å²) in [6.07, 6.45) is 3.04. The summed E-state index contributed by atoms with van der Waals surface area (Å²) in [6.45, 7) is 0. The molecule has 0 saturated heterocycles. The molecule has 0 spiro atoms. The monoisotopic (exact) mass is 177 g/mol. The topological polar surface area (TPSA) is 75.0 Å². The van der Waals surface area contributed by atoms with E-state index in [1.807, 2.05) is 5.32 Å². The van der Waals surface area contributed by atoms with E-state index in [4.69, 9.17) is 10.00 Å². The predicted molar refractivity (Wildman–Crippen MR) is 43.9 cm³/mol. The highest BCUT2D eigenvalue weighted by molar-refractivity contribution is 5.97. The molecule has 0 unspecified atom stereocenters. The third kappa shape index (κ3) is 1.93. The Kier molecular flexibility index (Phi) is 2.82. The van der Waals surface area contributed by atoms with Crippen molar-refractivity contribution in [3.63, 3.8) is 0 Å².